The number of hydrogen-bond donors (Lipinski definition) is 2. The van der Waals surface area contributed by atoms with E-state index in [1.807, 2.05) is 30.5 Å². The van der Waals surface area contributed by atoms with Gasteiger partial charge in [-0.05, 0) is 66.7 Å². The van der Waals surface area contributed by atoms with E-state index in [0.717, 1.165) is 24.8 Å². The topological polar surface area (TPSA) is 66.4 Å². The Hall–Kier alpha value is -2.14. The van der Waals surface area contributed by atoms with Crippen LogP contribution in [0.1, 0.15) is 51.5 Å². The van der Waals surface area contributed by atoms with Crippen LogP contribution < -0.4 is 5.32 Å². The van der Waals surface area contributed by atoms with Crippen molar-refractivity contribution in [3.63, 3.8) is 0 Å². The third kappa shape index (κ3) is 3.51. The molecule has 2 N–H and O–H groups in total. The van der Waals surface area contributed by atoms with Gasteiger partial charge < -0.3 is 10.4 Å². The molecule has 126 valence electrons. The second kappa shape index (κ2) is 7.18. The summed E-state index contributed by atoms with van der Waals surface area (Å²) in [6.07, 6.45) is 3.51. The van der Waals surface area contributed by atoms with Crippen LogP contribution in [-0.4, -0.2) is 23.0 Å². The maximum absolute atomic E-state index is 12.4. The largest absolute Gasteiger partial charge is 0.480 e. The summed E-state index contributed by atoms with van der Waals surface area (Å²) in [5.41, 5.74) is 3.42. The van der Waals surface area contributed by atoms with Crippen molar-refractivity contribution in [2.24, 2.45) is 0 Å². The third-order valence-electron chi connectivity index (χ3n) is 4.69. The van der Waals surface area contributed by atoms with Crippen molar-refractivity contribution in [3.05, 3.63) is 57.3 Å². The van der Waals surface area contributed by atoms with Gasteiger partial charge in [0.1, 0.15) is 6.04 Å². The van der Waals surface area contributed by atoms with Gasteiger partial charge >= 0.3 is 5.97 Å². The Bertz CT molecular complexity index is 753. The molecule has 1 heterocycles. The quantitative estimate of drug-likeness (QED) is 0.869. The molecule has 0 fully saturated rings. The zero-order chi connectivity index (χ0) is 17.1. The highest BCUT2D eigenvalue weighted by atomic mass is 32.1. The molecule has 0 saturated carbocycles. The number of aliphatic carboxylic acids is 1. The van der Waals surface area contributed by atoms with Crippen molar-refractivity contribution < 1.29 is 14.7 Å². The summed E-state index contributed by atoms with van der Waals surface area (Å²) in [6.45, 7) is 1.86. The maximum Gasteiger partial charge on any atom is 0.326 e. The number of amides is 1. The number of carboxylic acid groups (broad SMARTS) is 1. The summed E-state index contributed by atoms with van der Waals surface area (Å²) in [5, 5.41) is 14.1. The first-order valence-electron chi connectivity index (χ1n) is 8.22. The lowest BCUT2D eigenvalue weighted by atomic mass is 9.79. The van der Waals surface area contributed by atoms with Gasteiger partial charge in [-0.3, -0.25) is 4.79 Å². The second-order valence-electron chi connectivity index (χ2n) is 6.32. The first-order valence-corrected chi connectivity index (χ1v) is 9.10. The number of hydrogen-bond acceptors (Lipinski definition) is 3. The standard InChI is InChI=1S/C19H21NO3S/c1-12-9-10-24-17(12)18(21)20-16(19(22)23)11-14-7-4-6-13-5-2-3-8-15(13)14/h2-3,5,8-10,14,16H,4,6-7,11H2,1H3,(H,20,21)(H,22,23). The van der Waals surface area contributed by atoms with Gasteiger partial charge in [0.25, 0.3) is 5.91 Å². The van der Waals surface area contributed by atoms with Crippen molar-refractivity contribution in [2.45, 2.75) is 44.6 Å². The lowest BCUT2D eigenvalue weighted by Gasteiger charge is -2.28. The van der Waals surface area contributed by atoms with E-state index in [4.69, 9.17) is 0 Å². The smallest absolute Gasteiger partial charge is 0.326 e. The summed E-state index contributed by atoms with van der Waals surface area (Å²) in [7, 11) is 0. The van der Waals surface area contributed by atoms with Crippen LogP contribution in [0.3, 0.4) is 0 Å². The molecular formula is C19H21NO3S. The molecule has 1 aromatic carbocycles. The predicted octanol–water partition coefficient (Wildman–Crippen LogP) is 3.75. The Morgan fingerprint density at radius 2 is 2.12 bits per heavy atom. The fraction of sp³-hybridized carbons (Fsp3) is 0.368. The molecule has 2 unspecified atom stereocenters. The van der Waals surface area contributed by atoms with Gasteiger partial charge in [-0.1, -0.05) is 24.3 Å². The van der Waals surface area contributed by atoms with E-state index in [2.05, 4.69) is 17.4 Å². The molecule has 1 aromatic heterocycles. The van der Waals surface area contributed by atoms with E-state index >= 15 is 0 Å². The Labute approximate surface area is 145 Å². The first kappa shape index (κ1) is 16.7. The third-order valence-corrected chi connectivity index (χ3v) is 5.70. The molecule has 0 spiro atoms. The van der Waals surface area contributed by atoms with Gasteiger partial charge in [0.05, 0.1) is 4.88 Å². The average molecular weight is 343 g/mol. The van der Waals surface area contributed by atoms with Crippen LogP contribution in [0.25, 0.3) is 0 Å². The molecule has 3 rings (SSSR count). The van der Waals surface area contributed by atoms with Gasteiger partial charge in [-0.15, -0.1) is 11.3 Å². The summed E-state index contributed by atoms with van der Waals surface area (Å²) in [4.78, 5) is 24.6. The number of fused-ring (bicyclic) bond motifs is 1. The van der Waals surface area contributed by atoms with Crippen LogP contribution in [0.15, 0.2) is 35.7 Å². The first-order chi connectivity index (χ1) is 11.6. The van der Waals surface area contributed by atoms with E-state index in [-0.39, 0.29) is 11.8 Å². The molecule has 1 aliphatic rings. The Morgan fingerprint density at radius 1 is 1.33 bits per heavy atom. The maximum atomic E-state index is 12.4. The summed E-state index contributed by atoms with van der Waals surface area (Å²) in [6, 6.07) is 9.23. The Balaban J connectivity index is 1.75. The molecular weight excluding hydrogens is 322 g/mol. The summed E-state index contributed by atoms with van der Waals surface area (Å²) in [5.74, 6) is -1.08. The molecule has 0 aliphatic heterocycles. The monoisotopic (exact) mass is 343 g/mol. The van der Waals surface area contributed by atoms with Gasteiger partial charge in [-0.2, -0.15) is 0 Å². The number of rotatable bonds is 5. The summed E-state index contributed by atoms with van der Waals surface area (Å²) >= 11 is 1.34. The number of thiophene rings is 1. The second-order valence-corrected chi connectivity index (χ2v) is 7.24. The zero-order valence-electron chi connectivity index (χ0n) is 13.6. The van der Waals surface area contributed by atoms with Crippen LogP contribution in [0.2, 0.25) is 0 Å². The number of aryl methyl sites for hydroxylation is 2. The van der Waals surface area contributed by atoms with Gasteiger partial charge in [0.15, 0.2) is 0 Å². The Morgan fingerprint density at radius 3 is 2.83 bits per heavy atom. The normalized spacial score (nSPS) is 17.8. The molecule has 2 aromatic rings. The van der Waals surface area contributed by atoms with Crippen molar-refractivity contribution in [1.29, 1.82) is 0 Å². The minimum Gasteiger partial charge on any atom is -0.480 e. The number of carbonyl (C=O) groups excluding carboxylic acids is 1. The van der Waals surface area contributed by atoms with E-state index in [1.165, 1.54) is 22.5 Å². The van der Waals surface area contributed by atoms with Crippen LogP contribution in [-0.2, 0) is 11.2 Å². The molecule has 5 heteroatoms. The van der Waals surface area contributed by atoms with E-state index < -0.39 is 12.0 Å². The van der Waals surface area contributed by atoms with Crippen molar-refractivity contribution >= 4 is 23.2 Å². The number of benzene rings is 1. The minimum atomic E-state index is -0.972. The van der Waals surface area contributed by atoms with Gasteiger partial charge in [0.2, 0.25) is 0 Å². The fourth-order valence-corrected chi connectivity index (χ4v) is 4.26. The SMILES string of the molecule is Cc1ccsc1C(=O)NC(CC1CCCc2ccccc21)C(=O)O. The zero-order valence-corrected chi connectivity index (χ0v) is 14.4. The highest BCUT2D eigenvalue weighted by Crippen LogP contribution is 2.34. The minimum absolute atomic E-state index is 0.181. The lowest BCUT2D eigenvalue weighted by Crippen LogP contribution is -2.42. The molecule has 4 nitrogen and oxygen atoms in total. The van der Waals surface area contributed by atoms with Crippen LogP contribution in [0.4, 0.5) is 0 Å². The number of carboxylic acids is 1. The Kier molecular flexibility index (Phi) is 5.00. The summed E-state index contributed by atoms with van der Waals surface area (Å²) < 4.78 is 0. The molecule has 1 aliphatic carbocycles. The molecule has 0 radical (unpaired) electrons. The average Bonchev–Trinajstić information content (AvgIpc) is 3.00. The van der Waals surface area contributed by atoms with Crippen molar-refractivity contribution in [3.8, 4) is 0 Å². The van der Waals surface area contributed by atoms with Gasteiger partial charge in [-0.25, -0.2) is 4.79 Å². The van der Waals surface area contributed by atoms with Gasteiger partial charge in [0, 0.05) is 0 Å². The van der Waals surface area contributed by atoms with E-state index in [0.29, 0.717) is 11.3 Å². The molecule has 0 saturated heterocycles. The molecule has 24 heavy (non-hydrogen) atoms. The highest BCUT2D eigenvalue weighted by Gasteiger charge is 2.28. The highest BCUT2D eigenvalue weighted by molar-refractivity contribution is 7.12. The predicted molar refractivity (Wildman–Crippen MR) is 94.7 cm³/mol. The van der Waals surface area contributed by atoms with Crippen molar-refractivity contribution in [2.75, 3.05) is 0 Å². The number of carbonyl (C=O) groups is 2. The van der Waals surface area contributed by atoms with Crippen molar-refractivity contribution in [1.82, 2.24) is 5.32 Å². The molecule has 1 amide bonds. The lowest BCUT2D eigenvalue weighted by molar-refractivity contribution is -0.139. The van der Waals surface area contributed by atoms with E-state index in [9.17, 15) is 14.7 Å². The van der Waals surface area contributed by atoms with E-state index in [1.54, 1.807) is 0 Å². The van der Waals surface area contributed by atoms with Crippen LogP contribution >= 0.6 is 11.3 Å². The van der Waals surface area contributed by atoms with Crippen LogP contribution in [0, 0.1) is 6.92 Å². The van der Waals surface area contributed by atoms with Crippen LogP contribution in [0.5, 0.6) is 0 Å². The molecule has 2 atom stereocenters. The number of nitrogens with one attached hydrogen (secondary N) is 1. The fourth-order valence-electron chi connectivity index (χ4n) is 3.43. The molecule has 0 bridgehead atoms.